The number of nitrogen functional groups attached to an aromatic ring is 1. The van der Waals surface area contributed by atoms with Crippen molar-refractivity contribution in [2.24, 2.45) is 5.84 Å². The van der Waals surface area contributed by atoms with Crippen molar-refractivity contribution in [2.75, 3.05) is 5.43 Å². The summed E-state index contributed by atoms with van der Waals surface area (Å²) < 4.78 is 0. The lowest BCUT2D eigenvalue weighted by atomic mass is 10.0. The maximum atomic E-state index is 5.56. The summed E-state index contributed by atoms with van der Waals surface area (Å²) in [5.74, 6) is 5.56. The van der Waals surface area contributed by atoms with Crippen molar-refractivity contribution in [2.45, 2.75) is 0 Å². The van der Waals surface area contributed by atoms with Crippen LogP contribution in [-0.2, 0) is 0 Å². The highest BCUT2D eigenvalue weighted by Gasteiger charge is 2.03. The van der Waals surface area contributed by atoms with E-state index in [0.717, 1.165) is 11.1 Å². The molecule has 3 aromatic rings. The molecule has 86 valence electrons. The van der Waals surface area contributed by atoms with E-state index in [2.05, 4.69) is 47.9 Å². The molecule has 0 aliphatic rings. The monoisotopic (exact) mass is 244 g/mol. The molecule has 0 fully saturated rings. The van der Waals surface area contributed by atoms with Gasteiger partial charge in [-0.05, 0) is 22.2 Å². The van der Waals surface area contributed by atoms with Crippen molar-refractivity contribution in [3.8, 4) is 0 Å². The highest BCUT2D eigenvalue weighted by atomic mass is 35.5. The minimum absolute atomic E-state index is 0. The second-order valence-corrected chi connectivity index (χ2v) is 3.84. The molecule has 0 amide bonds. The lowest BCUT2D eigenvalue weighted by molar-refractivity contribution is 1.37. The Morgan fingerprint density at radius 2 is 1.35 bits per heavy atom. The second kappa shape index (κ2) is 4.62. The predicted octanol–water partition coefficient (Wildman–Crippen LogP) is 3.70. The number of halogens is 1. The molecule has 2 nitrogen and oxygen atoms in total. The van der Waals surface area contributed by atoms with E-state index in [1.807, 2.05) is 12.1 Å². The van der Waals surface area contributed by atoms with Crippen LogP contribution in [0.3, 0.4) is 0 Å². The smallest absolute Gasteiger partial charge is 0.0569 e. The maximum Gasteiger partial charge on any atom is 0.0569 e. The van der Waals surface area contributed by atoms with Gasteiger partial charge in [0, 0.05) is 5.39 Å². The zero-order valence-corrected chi connectivity index (χ0v) is 10.00. The first-order valence-electron chi connectivity index (χ1n) is 5.27. The molecule has 17 heavy (non-hydrogen) atoms. The third-order valence-corrected chi connectivity index (χ3v) is 2.92. The lowest BCUT2D eigenvalue weighted by Gasteiger charge is -2.09. The molecule has 0 aliphatic heterocycles. The summed E-state index contributed by atoms with van der Waals surface area (Å²) >= 11 is 0. The third-order valence-electron chi connectivity index (χ3n) is 2.92. The number of nitrogens with one attached hydrogen (secondary N) is 1. The Hall–Kier alpha value is -1.77. The predicted molar refractivity (Wildman–Crippen MR) is 76.5 cm³/mol. The third kappa shape index (κ3) is 1.82. The van der Waals surface area contributed by atoms with Crippen molar-refractivity contribution in [3.05, 3.63) is 54.6 Å². The first kappa shape index (κ1) is 11.7. The molecule has 0 spiro atoms. The summed E-state index contributed by atoms with van der Waals surface area (Å²) in [6.45, 7) is 0. The molecule has 0 saturated carbocycles. The number of hydrazine groups is 1. The van der Waals surface area contributed by atoms with E-state index in [0.29, 0.717) is 0 Å². The van der Waals surface area contributed by atoms with Crippen LogP contribution in [-0.4, -0.2) is 0 Å². The van der Waals surface area contributed by atoms with Crippen molar-refractivity contribution >= 4 is 39.6 Å². The molecule has 0 aromatic heterocycles. The van der Waals surface area contributed by atoms with Crippen LogP contribution in [0.1, 0.15) is 0 Å². The van der Waals surface area contributed by atoms with Crippen molar-refractivity contribution in [3.63, 3.8) is 0 Å². The van der Waals surface area contributed by atoms with E-state index in [1.54, 1.807) is 0 Å². The number of benzene rings is 3. The Morgan fingerprint density at radius 1 is 0.765 bits per heavy atom. The van der Waals surface area contributed by atoms with Crippen LogP contribution in [0.4, 0.5) is 5.69 Å². The van der Waals surface area contributed by atoms with E-state index >= 15 is 0 Å². The first-order chi connectivity index (χ1) is 7.90. The van der Waals surface area contributed by atoms with Gasteiger partial charge in [-0.2, -0.15) is 0 Å². The van der Waals surface area contributed by atoms with Gasteiger partial charge in [-0.15, -0.1) is 12.4 Å². The molecule has 0 atom stereocenters. The fourth-order valence-electron chi connectivity index (χ4n) is 2.17. The van der Waals surface area contributed by atoms with Crippen LogP contribution in [0.25, 0.3) is 21.5 Å². The molecular formula is C14H13ClN2. The number of anilines is 1. The van der Waals surface area contributed by atoms with Gasteiger partial charge in [0.25, 0.3) is 0 Å². The van der Waals surface area contributed by atoms with E-state index in [-0.39, 0.29) is 12.4 Å². The molecule has 0 bridgehead atoms. The topological polar surface area (TPSA) is 38.0 Å². The maximum absolute atomic E-state index is 5.56. The Kier molecular flexibility index (Phi) is 3.18. The Bertz CT molecular complexity index is 664. The molecule has 0 saturated heterocycles. The highest BCUT2D eigenvalue weighted by Crippen LogP contribution is 2.30. The fraction of sp³-hybridized carbons (Fsp3) is 0. The summed E-state index contributed by atoms with van der Waals surface area (Å²) in [5, 5.41) is 4.85. The largest absolute Gasteiger partial charge is 0.323 e. The quantitative estimate of drug-likeness (QED) is 0.389. The average molecular weight is 245 g/mol. The number of hydrogen-bond acceptors (Lipinski definition) is 2. The minimum atomic E-state index is 0. The molecule has 3 heteroatoms. The minimum Gasteiger partial charge on any atom is -0.323 e. The molecule has 0 unspecified atom stereocenters. The fourth-order valence-corrected chi connectivity index (χ4v) is 2.17. The lowest BCUT2D eigenvalue weighted by Crippen LogP contribution is -2.07. The molecule has 3 rings (SSSR count). The van der Waals surface area contributed by atoms with E-state index < -0.39 is 0 Å². The standard InChI is InChI=1S/C14H12N2.ClH/c15-16-14-9-10-5-1-2-6-11(10)12-7-3-4-8-13(12)14;/h1-9,16H,15H2;1H. The van der Waals surface area contributed by atoms with Crippen molar-refractivity contribution in [1.82, 2.24) is 0 Å². The zero-order chi connectivity index (χ0) is 11.0. The summed E-state index contributed by atoms with van der Waals surface area (Å²) in [4.78, 5) is 0. The summed E-state index contributed by atoms with van der Waals surface area (Å²) in [6.07, 6.45) is 0. The summed E-state index contributed by atoms with van der Waals surface area (Å²) in [6, 6.07) is 18.7. The SMILES string of the molecule is Cl.NNc1cc2ccccc2c2ccccc12. The number of fused-ring (bicyclic) bond motifs is 3. The van der Waals surface area contributed by atoms with Gasteiger partial charge in [0.15, 0.2) is 0 Å². The van der Waals surface area contributed by atoms with Crippen LogP contribution >= 0.6 is 12.4 Å². The second-order valence-electron chi connectivity index (χ2n) is 3.84. The van der Waals surface area contributed by atoms with Gasteiger partial charge in [-0.25, -0.2) is 0 Å². The summed E-state index contributed by atoms with van der Waals surface area (Å²) in [7, 11) is 0. The Balaban J connectivity index is 0.00000108. The van der Waals surface area contributed by atoms with E-state index in [1.165, 1.54) is 16.2 Å². The van der Waals surface area contributed by atoms with Gasteiger partial charge in [-0.3, -0.25) is 5.84 Å². The molecule has 0 radical (unpaired) electrons. The number of rotatable bonds is 1. The van der Waals surface area contributed by atoms with Gasteiger partial charge < -0.3 is 5.43 Å². The van der Waals surface area contributed by atoms with Gasteiger partial charge >= 0.3 is 0 Å². The van der Waals surface area contributed by atoms with Crippen molar-refractivity contribution in [1.29, 1.82) is 0 Å². The van der Waals surface area contributed by atoms with Gasteiger partial charge in [0.2, 0.25) is 0 Å². The van der Waals surface area contributed by atoms with E-state index in [4.69, 9.17) is 5.84 Å². The number of hydrogen-bond donors (Lipinski definition) is 2. The molecular weight excluding hydrogens is 232 g/mol. The van der Waals surface area contributed by atoms with Crippen molar-refractivity contribution < 1.29 is 0 Å². The average Bonchev–Trinajstić information content (AvgIpc) is 2.38. The summed E-state index contributed by atoms with van der Waals surface area (Å²) in [5.41, 5.74) is 3.73. The highest BCUT2D eigenvalue weighted by molar-refractivity contribution is 6.12. The molecule has 0 heterocycles. The van der Waals surface area contributed by atoms with Crippen LogP contribution < -0.4 is 11.3 Å². The van der Waals surface area contributed by atoms with Gasteiger partial charge in [0.05, 0.1) is 5.69 Å². The normalized spacial score (nSPS) is 10.2. The molecule has 3 aromatic carbocycles. The first-order valence-corrected chi connectivity index (χ1v) is 5.27. The Morgan fingerprint density at radius 3 is 2.06 bits per heavy atom. The van der Waals surface area contributed by atoms with Crippen LogP contribution in [0.15, 0.2) is 54.6 Å². The van der Waals surface area contributed by atoms with Crippen LogP contribution in [0, 0.1) is 0 Å². The van der Waals surface area contributed by atoms with Gasteiger partial charge in [-0.1, -0.05) is 48.5 Å². The molecule has 0 aliphatic carbocycles. The van der Waals surface area contributed by atoms with Gasteiger partial charge in [0.1, 0.15) is 0 Å². The molecule has 3 N–H and O–H groups in total. The number of nitrogens with two attached hydrogens (primary N) is 1. The van der Waals surface area contributed by atoms with Crippen LogP contribution in [0.2, 0.25) is 0 Å². The Labute approximate surface area is 106 Å². The van der Waals surface area contributed by atoms with E-state index in [9.17, 15) is 0 Å². The van der Waals surface area contributed by atoms with Crippen LogP contribution in [0.5, 0.6) is 0 Å². The zero-order valence-electron chi connectivity index (χ0n) is 9.18.